The number of nitrogens with zero attached hydrogens (tertiary/aromatic N) is 3. The van der Waals surface area contributed by atoms with Crippen LogP contribution in [0.5, 0.6) is 0 Å². The Morgan fingerprint density at radius 3 is 2.85 bits per heavy atom. The van der Waals surface area contributed by atoms with Crippen LogP contribution in [0, 0.1) is 13.8 Å². The Balaban J connectivity index is 1.82. The van der Waals surface area contributed by atoms with Crippen LogP contribution in [0.1, 0.15) is 17.1 Å². The van der Waals surface area contributed by atoms with Crippen LogP contribution < -0.4 is 5.73 Å². The minimum absolute atomic E-state index is 0.556. The number of fused-ring (bicyclic) bond motifs is 1. The molecule has 0 saturated heterocycles. The highest BCUT2D eigenvalue weighted by atomic mass is 32.2. The number of hydrogen-bond donors (Lipinski definition) is 1. The summed E-state index contributed by atoms with van der Waals surface area (Å²) in [6, 6.07) is 6.10. The molecule has 3 rings (SSSR count). The smallest absolute Gasteiger partial charge is 0.142 e. The third-order valence-corrected chi connectivity index (χ3v) is 4.54. The molecule has 0 fully saturated rings. The Morgan fingerprint density at radius 1 is 1.20 bits per heavy atom. The van der Waals surface area contributed by atoms with Crippen LogP contribution in [-0.4, -0.2) is 15.0 Å². The third-order valence-electron chi connectivity index (χ3n) is 2.82. The average molecular weight is 302 g/mol. The molecular weight excluding hydrogens is 288 g/mol. The second kappa shape index (κ2) is 5.38. The van der Waals surface area contributed by atoms with E-state index < -0.39 is 0 Å². The van der Waals surface area contributed by atoms with Gasteiger partial charge in [0.25, 0.3) is 0 Å². The van der Waals surface area contributed by atoms with Gasteiger partial charge < -0.3 is 5.73 Å². The molecular formula is C14H14N4S2. The van der Waals surface area contributed by atoms with Gasteiger partial charge in [-0.15, -0.1) is 11.3 Å². The van der Waals surface area contributed by atoms with Crippen molar-refractivity contribution < 1.29 is 0 Å². The van der Waals surface area contributed by atoms with E-state index in [0.29, 0.717) is 11.6 Å². The Bertz CT molecular complexity index is 747. The number of pyridine rings is 1. The second-order valence-corrected chi connectivity index (χ2v) is 6.47. The van der Waals surface area contributed by atoms with E-state index in [1.807, 2.05) is 18.4 Å². The van der Waals surface area contributed by atoms with Crippen LogP contribution in [0.2, 0.25) is 0 Å². The minimum atomic E-state index is 0.556. The first-order chi connectivity index (χ1) is 9.61. The predicted octanol–water partition coefficient (Wildman–Crippen LogP) is 3.58. The molecule has 3 heterocycles. The zero-order valence-electron chi connectivity index (χ0n) is 11.3. The molecule has 6 heteroatoms. The van der Waals surface area contributed by atoms with Crippen LogP contribution in [0.15, 0.2) is 28.6 Å². The molecule has 0 aliphatic carbocycles. The molecule has 2 N–H and O–H groups in total. The molecule has 3 aromatic heterocycles. The molecule has 0 saturated carbocycles. The summed E-state index contributed by atoms with van der Waals surface area (Å²) in [6.45, 7) is 4.08. The lowest BCUT2D eigenvalue weighted by molar-refractivity contribution is 1.03. The van der Waals surface area contributed by atoms with Crippen molar-refractivity contribution in [3.8, 4) is 0 Å². The monoisotopic (exact) mass is 302 g/mol. The van der Waals surface area contributed by atoms with Crippen LogP contribution >= 0.6 is 23.1 Å². The number of aryl methyl sites for hydroxylation is 2. The molecule has 0 aliphatic heterocycles. The summed E-state index contributed by atoms with van der Waals surface area (Å²) in [5.74, 6) is 1.98. The van der Waals surface area contributed by atoms with Gasteiger partial charge in [-0.25, -0.2) is 15.0 Å². The van der Waals surface area contributed by atoms with Crippen LogP contribution in [-0.2, 0) is 5.75 Å². The molecule has 0 amide bonds. The lowest BCUT2D eigenvalue weighted by Crippen LogP contribution is -1.98. The number of thioether (sulfide) groups is 1. The Kier molecular flexibility index (Phi) is 3.58. The first kappa shape index (κ1) is 13.3. The molecule has 20 heavy (non-hydrogen) atoms. The van der Waals surface area contributed by atoms with Gasteiger partial charge in [0.05, 0.1) is 16.2 Å². The van der Waals surface area contributed by atoms with Crippen molar-refractivity contribution in [2.75, 3.05) is 5.73 Å². The Hall–Kier alpha value is -1.66. The summed E-state index contributed by atoms with van der Waals surface area (Å²) in [5, 5.41) is 3.92. The van der Waals surface area contributed by atoms with Crippen LogP contribution in [0.4, 0.5) is 5.82 Å². The van der Waals surface area contributed by atoms with Crippen molar-refractivity contribution in [1.29, 1.82) is 0 Å². The van der Waals surface area contributed by atoms with Crippen molar-refractivity contribution in [2.24, 2.45) is 0 Å². The number of thiophene rings is 1. The van der Waals surface area contributed by atoms with Gasteiger partial charge in [0.15, 0.2) is 0 Å². The summed E-state index contributed by atoms with van der Waals surface area (Å²) in [4.78, 5) is 14.3. The summed E-state index contributed by atoms with van der Waals surface area (Å²) in [7, 11) is 0. The van der Waals surface area contributed by atoms with Crippen LogP contribution in [0.3, 0.4) is 0 Å². The van der Waals surface area contributed by atoms with Crippen molar-refractivity contribution in [2.45, 2.75) is 24.6 Å². The first-order valence-electron chi connectivity index (χ1n) is 6.19. The SMILES string of the molecule is Cc1cc(C)nc(SCc2nc(N)c3ccsc3n2)c1. The summed E-state index contributed by atoms with van der Waals surface area (Å²) < 4.78 is 0. The maximum Gasteiger partial charge on any atom is 0.142 e. The van der Waals surface area contributed by atoms with E-state index in [1.165, 1.54) is 5.56 Å². The molecule has 102 valence electrons. The van der Waals surface area contributed by atoms with Gasteiger partial charge in [0.2, 0.25) is 0 Å². The van der Waals surface area contributed by atoms with E-state index >= 15 is 0 Å². The van der Waals surface area contributed by atoms with Crippen molar-refractivity contribution >= 4 is 39.1 Å². The lowest BCUT2D eigenvalue weighted by Gasteiger charge is -2.04. The quantitative estimate of drug-likeness (QED) is 0.749. The fraction of sp³-hybridized carbons (Fsp3) is 0.214. The highest BCUT2D eigenvalue weighted by molar-refractivity contribution is 7.98. The predicted molar refractivity (Wildman–Crippen MR) is 85.1 cm³/mol. The van der Waals surface area contributed by atoms with Crippen molar-refractivity contribution in [3.63, 3.8) is 0 Å². The number of aromatic nitrogens is 3. The molecule has 3 aromatic rings. The molecule has 0 spiro atoms. The van der Waals surface area contributed by atoms with Crippen molar-refractivity contribution in [3.05, 3.63) is 40.7 Å². The molecule has 4 nitrogen and oxygen atoms in total. The topological polar surface area (TPSA) is 64.7 Å². The highest BCUT2D eigenvalue weighted by Gasteiger charge is 2.07. The zero-order chi connectivity index (χ0) is 14.1. The fourth-order valence-corrected chi connectivity index (χ4v) is 3.68. The van der Waals surface area contributed by atoms with Gasteiger partial charge in [-0.3, -0.25) is 0 Å². The first-order valence-corrected chi connectivity index (χ1v) is 8.06. The zero-order valence-corrected chi connectivity index (χ0v) is 12.9. The van der Waals surface area contributed by atoms with E-state index in [2.05, 4.69) is 34.0 Å². The van der Waals surface area contributed by atoms with E-state index in [1.54, 1.807) is 23.1 Å². The van der Waals surface area contributed by atoms with E-state index in [-0.39, 0.29) is 0 Å². The summed E-state index contributed by atoms with van der Waals surface area (Å²) in [5.41, 5.74) is 8.20. The second-order valence-electron chi connectivity index (χ2n) is 4.58. The molecule has 0 aromatic carbocycles. The number of hydrogen-bond acceptors (Lipinski definition) is 6. The maximum absolute atomic E-state index is 5.95. The molecule has 0 bridgehead atoms. The van der Waals surface area contributed by atoms with Gasteiger partial charge in [-0.2, -0.15) is 0 Å². The largest absolute Gasteiger partial charge is 0.383 e. The third kappa shape index (κ3) is 2.76. The summed E-state index contributed by atoms with van der Waals surface area (Å²) >= 11 is 3.22. The summed E-state index contributed by atoms with van der Waals surface area (Å²) in [6.07, 6.45) is 0. The molecule has 0 atom stereocenters. The Morgan fingerprint density at radius 2 is 2.05 bits per heavy atom. The van der Waals surface area contributed by atoms with E-state index in [0.717, 1.165) is 26.8 Å². The normalized spacial score (nSPS) is 11.1. The number of anilines is 1. The van der Waals surface area contributed by atoms with Crippen molar-refractivity contribution in [1.82, 2.24) is 15.0 Å². The Labute approximate surface area is 125 Å². The minimum Gasteiger partial charge on any atom is -0.383 e. The standard InChI is InChI=1S/C14H14N4S2/c1-8-5-9(2)16-12(6-8)20-7-11-17-13(15)10-3-4-19-14(10)18-11/h3-6H,7H2,1-2H3,(H2,15,17,18). The van der Waals surface area contributed by atoms with Gasteiger partial charge in [-0.1, -0.05) is 11.8 Å². The maximum atomic E-state index is 5.95. The molecule has 0 aliphatic rings. The lowest BCUT2D eigenvalue weighted by atomic mass is 10.3. The molecule has 0 radical (unpaired) electrons. The highest BCUT2D eigenvalue weighted by Crippen LogP contribution is 2.26. The van der Waals surface area contributed by atoms with Crippen LogP contribution in [0.25, 0.3) is 10.2 Å². The average Bonchev–Trinajstić information content (AvgIpc) is 2.84. The van der Waals surface area contributed by atoms with Gasteiger partial charge in [-0.05, 0) is 43.0 Å². The van der Waals surface area contributed by atoms with Gasteiger partial charge >= 0.3 is 0 Å². The van der Waals surface area contributed by atoms with E-state index in [4.69, 9.17) is 5.73 Å². The van der Waals surface area contributed by atoms with Gasteiger partial charge in [0.1, 0.15) is 16.5 Å². The van der Waals surface area contributed by atoms with E-state index in [9.17, 15) is 0 Å². The number of nitrogens with two attached hydrogens (primary N) is 1. The van der Waals surface area contributed by atoms with Gasteiger partial charge in [0, 0.05) is 5.69 Å². The molecule has 0 unspecified atom stereocenters. The number of rotatable bonds is 3. The fourth-order valence-electron chi connectivity index (χ4n) is 2.01. The number of nitrogen functional groups attached to an aromatic ring is 1.